The Morgan fingerprint density at radius 1 is 1.29 bits per heavy atom. The molecule has 0 unspecified atom stereocenters. The minimum atomic E-state index is -3.77. The Kier molecular flexibility index (Phi) is 3.34. The molecule has 2 aliphatic rings. The van der Waals surface area contributed by atoms with E-state index in [-0.39, 0.29) is 22.3 Å². The van der Waals surface area contributed by atoms with Crippen molar-refractivity contribution in [3.8, 4) is 0 Å². The Labute approximate surface area is 140 Å². The number of aromatic nitrogens is 3. The quantitative estimate of drug-likeness (QED) is 0.884. The van der Waals surface area contributed by atoms with Crippen LogP contribution in [0.1, 0.15) is 55.8 Å². The summed E-state index contributed by atoms with van der Waals surface area (Å²) in [4.78, 5) is 8.54. The number of hydrogen-bond donors (Lipinski definition) is 1. The molecule has 0 aliphatic heterocycles. The molecule has 2 aromatic rings. The molecule has 2 aromatic heterocycles. The van der Waals surface area contributed by atoms with Gasteiger partial charge in [0.2, 0.25) is 5.89 Å². The molecule has 0 spiro atoms. The van der Waals surface area contributed by atoms with E-state index in [2.05, 4.69) is 29.0 Å². The van der Waals surface area contributed by atoms with Crippen LogP contribution in [0, 0.1) is 11.3 Å². The van der Waals surface area contributed by atoms with Crippen LogP contribution in [-0.4, -0.2) is 23.5 Å². The molecule has 0 bridgehead atoms. The fourth-order valence-corrected chi connectivity index (χ4v) is 3.98. The van der Waals surface area contributed by atoms with Gasteiger partial charge in [-0.3, -0.25) is 0 Å². The van der Waals surface area contributed by atoms with Crippen LogP contribution < -0.4 is 5.14 Å². The van der Waals surface area contributed by atoms with Gasteiger partial charge in [0.1, 0.15) is 0 Å². The summed E-state index contributed by atoms with van der Waals surface area (Å²) in [5.41, 5.74) is 0.924. The van der Waals surface area contributed by atoms with Gasteiger partial charge in [-0.25, -0.2) is 18.5 Å². The molecule has 0 radical (unpaired) electrons. The predicted molar refractivity (Wildman–Crippen MR) is 85.6 cm³/mol. The first kappa shape index (κ1) is 15.7. The van der Waals surface area contributed by atoms with E-state index in [4.69, 9.17) is 9.66 Å². The molecular formula is C16H20N4O3S. The van der Waals surface area contributed by atoms with Gasteiger partial charge < -0.3 is 4.52 Å². The Bertz CT molecular complexity index is 869. The van der Waals surface area contributed by atoms with Crippen LogP contribution >= 0.6 is 0 Å². The van der Waals surface area contributed by atoms with E-state index in [1.54, 1.807) is 12.3 Å². The summed E-state index contributed by atoms with van der Waals surface area (Å²) in [6, 6.07) is 3.21. The lowest BCUT2D eigenvalue weighted by Crippen LogP contribution is -2.13. The van der Waals surface area contributed by atoms with E-state index >= 15 is 0 Å². The molecular weight excluding hydrogens is 328 g/mol. The summed E-state index contributed by atoms with van der Waals surface area (Å²) >= 11 is 0. The minimum Gasteiger partial charge on any atom is -0.339 e. The van der Waals surface area contributed by atoms with Crippen LogP contribution in [0.3, 0.4) is 0 Å². The number of rotatable bonds is 5. The van der Waals surface area contributed by atoms with Crippen molar-refractivity contribution in [3.05, 3.63) is 35.6 Å². The van der Waals surface area contributed by atoms with Gasteiger partial charge >= 0.3 is 0 Å². The number of primary sulfonamides is 1. The van der Waals surface area contributed by atoms with Crippen molar-refractivity contribution >= 4 is 10.0 Å². The van der Waals surface area contributed by atoms with Crippen molar-refractivity contribution in [1.82, 2.24) is 15.1 Å². The van der Waals surface area contributed by atoms with Gasteiger partial charge in [0.15, 0.2) is 10.9 Å². The van der Waals surface area contributed by atoms with Crippen LogP contribution in [0.15, 0.2) is 27.9 Å². The molecule has 2 N–H and O–H groups in total. The van der Waals surface area contributed by atoms with Crippen LogP contribution in [-0.2, 0) is 16.4 Å². The van der Waals surface area contributed by atoms with Crippen LogP contribution in [0.2, 0.25) is 0 Å². The Morgan fingerprint density at radius 3 is 2.62 bits per heavy atom. The molecule has 24 heavy (non-hydrogen) atoms. The molecule has 0 amide bonds. The van der Waals surface area contributed by atoms with Crippen molar-refractivity contribution < 1.29 is 12.9 Å². The Balaban J connectivity index is 1.56. The lowest BCUT2D eigenvalue weighted by Gasteiger charge is -2.03. The molecule has 128 valence electrons. The van der Waals surface area contributed by atoms with Gasteiger partial charge in [-0.05, 0) is 35.8 Å². The van der Waals surface area contributed by atoms with Gasteiger partial charge in [-0.2, -0.15) is 4.98 Å². The van der Waals surface area contributed by atoms with Gasteiger partial charge in [-0.1, -0.05) is 25.1 Å². The number of nitrogens with zero attached hydrogens (tertiary/aromatic N) is 3. The number of pyridine rings is 1. The Hall–Kier alpha value is -1.80. The van der Waals surface area contributed by atoms with E-state index in [1.165, 1.54) is 18.9 Å². The molecule has 0 aromatic carbocycles. The number of sulfonamides is 1. The smallest absolute Gasteiger partial charge is 0.255 e. The lowest BCUT2D eigenvalue weighted by atomic mass is 10.1. The molecule has 4 rings (SSSR count). The lowest BCUT2D eigenvalue weighted by molar-refractivity contribution is 0.362. The monoisotopic (exact) mass is 348 g/mol. The fraction of sp³-hybridized carbons (Fsp3) is 0.562. The highest BCUT2D eigenvalue weighted by Gasteiger charge is 2.62. The van der Waals surface area contributed by atoms with Crippen LogP contribution in [0.25, 0.3) is 0 Å². The van der Waals surface area contributed by atoms with Gasteiger partial charge in [0.05, 0.1) is 5.92 Å². The molecule has 7 nitrogen and oxygen atoms in total. The van der Waals surface area contributed by atoms with Gasteiger partial charge in [0.25, 0.3) is 10.0 Å². The first-order chi connectivity index (χ1) is 11.3. The SMILES string of the molecule is CC1(C)[C@@H](c2ccc(S(N)(=O)=O)nc2)[C@@H]1c1nc(CC2CC2)no1. The third-order valence-electron chi connectivity index (χ3n) is 5.16. The zero-order chi connectivity index (χ0) is 17.1. The third-order valence-corrected chi connectivity index (χ3v) is 5.98. The van der Waals surface area contributed by atoms with E-state index < -0.39 is 10.0 Å². The van der Waals surface area contributed by atoms with Crippen molar-refractivity contribution in [2.75, 3.05) is 0 Å². The molecule has 2 atom stereocenters. The molecule has 2 fully saturated rings. The van der Waals surface area contributed by atoms with Crippen molar-refractivity contribution in [1.29, 1.82) is 0 Å². The largest absolute Gasteiger partial charge is 0.339 e. The van der Waals surface area contributed by atoms with Gasteiger partial charge in [-0.15, -0.1) is 0 Å². The van der Waals surface area contributed by atoms with E-state index in [0.29, 0.717) is 11.8 Å². The summed E-state index contributed by atoms with van der Waals surface area (Å²) in [7, 11) is -3.77. The van der Waals surface area contributed by atoms with Gasteiger partial charge in [0, 0.05) is 18.5 Å². The van der Waals surface area contributed by atoms with Crippen molar-refractivity contribution in [2.24, 2.45) is 16.5 Å². The van der Waals surface area contributed by atoms with Crippen molar-refractivity contribution in [2.45, 2.75) is 50.0 Å². The third kappa shape index (κ3) is 2.73. The maximum atomic E-state index is 11.3. The highest BCUT2D eigenvalue weighted by molar-refractivity contribution is 7.89. The average molecular weight is 348 g/mol. The Morgan fingerprint density at radius 2 is 2.04 bits per heavy atom. The molecule has 2 saturated carbocycles. The number of nitrogens with two attached hydrogens (primary N) is 1. The van der Waals surface area contributed by atoms with E-state index in [9.17, 15) is 8.42 Å². The first-order valence-electron chi connectivity index (χ1n) is 8.08. The highest BCUT2D eigenvalue weighted by atomic mass is 32.2. The van der Waals surface area contributed by atoms with Crippen LogP contribution in [0.5, 0.6) is 0 Å². The predicted octanol–water partition coefficient (Wildman–Crippen LogP) is 1.97. The second kappa shape index (κ2) is 5.10. The van der Waals surface area contributed by atoms with E-state index in [1.807, 2.05) is 0 Å². The highest BCUT2D eigenvalue weighted by Crippen LogP contribution is 2.69. The summed E-state index contributed by atoms with van der Waals surface area (Å²) < 4.78 is 28.1. The second-order valence-electron chi connectivity index (χ2n) is 7.45. The maximum absolute atomic E-state index is 11.3. The van der Waals surface area contributed by atoms with E-state index in [0.717, 1.165) is 17.8 Å². The normalized spacial score (nSPS) is 25.6. The van der Waals surface area contributed by atoms with Crippen molar-refractivity contribution in [3.63, 3.8) is 0 Å². The zero-order valence-corrected chi connectivity index (χ0v) is 14.5. The topological polar surface area (TPSA) is 112 Å². The maximum Gasteiger partial charge on any atom is 0.255 e. The summed E-state index contributed by atoms with van der Waals surface area (Å²) in [6.45, 7) is 4.28. The zero-order valence-electron chi connectivity index (χ0n) is 13.6. The molecule has 2 aliphatic carbocycles. The minimum absolute atomic E-state index is 0.0336. The standard InChI is InChI=1S/C16H20N4O3S/c1-16(2)13(10-5-6-12(18-8-10)24(17,21)22)14(16)15-19-11(20-23-15)7-9-3-4-9/h5-6,8-9,13-14H,3-4,7H2,1-2H3,(H2,17,21,22)/t13-,14+/m0/s1. The number of hydrogen-bond acceptors (Lipinski definition) is 6. The molecule has 2 heterocycles. The summed E-state index contributed by atoms with van der Waals surface area (Å²) in [6.07, 6.45) is 4.98. The fourth-order valence-electron chi connectivity index (χ4n) is 3.52. The molecule has 8 heteroatoms. The average Bonchev–Trinajstić information content (AvgIpc) is 3.35. The second-order valence-corrected chi connectivity index (χ2v) is 8.96. The first-order valence-corrected chi connectivity index (χ1v) is 9.62. The molecule has 0 saturated heterocycles. The summed E-state index contributed by atoms with van der Waals surface area (Å²) in [5, 5.41) is 9.07. The summed E-state index contributed by atoms with van der Waals surface area (Å²) in [5.74, 6) is 2.47. The van der Waals surface area contributed by atoms with Crippen LogP contribution in [0.4, 0.5) is 0 Å².